The van der Waals surface area contributed by atoms with Crippen molar-refractivity contribution in [3.05, 3.63) is 18.2 Å². The van der Waals surface area contributed by atoms with Crippen molar-refractivity contribution in [2.45, 2.75) is 38.6 Å². The minimum absolute atomic E-state index is 0.173. The highest BCUT2D eigenvalue weighted by Gasteiger charge is 2.41. The fraction of sp³-hybridized carbons (Fsp3) is 0.545. The third kappa shape index (κ3) is 4.90. The standard InChI is InChI=1S/C11H14F3N3O3/c1-6(2)20-9(18)8(3-7-4-15-5-16-7)17-10(19)11(12,13)14/h4-6,8H,3H2,1-2H3,(H,15,16)(H,17,19). The molecule has 0 aliphatic rings. The number of aromatic nitrogens is 2. The first kappa shape index (κ1) is 16.0. The zero-order valence-corrected chi connectivity index (χ0v) is 10.8. The molecule has 20 heavy (non-hydrogen) atoms. The SMILES string of the molecule is CC(C)OC(=O)C(Cc1cnc[nH]1)NC(=O)C(F)(F)F. The summed E-state index contributed by atoms with van der Waals surface area (Å²) < 4.78 is 41.5. The van der Waals surface area contributed by atoms with E-state index >= 15 is 0 Å². The van der Waals surface area contributed by atoms with Crippen LogP contribution in [0.1, 0.15) is 19.5 Å². The van der Waals surface area contributed by atoms with Gasteiger partial charge in [0.05, 0.1) is 12.4 Å². The number of H-pyrrole nitrogens is 1. The smallest absolute Gasteiger partial charge is 0.461 e. The Kier molecular flexibility index (Phi) is 5.12. The lowest BCUT2D eigenvalue weighted by atomic mass is 10.1. The van der Waals surface area contributed by atoms with E-state index in [9.17, 15) is 22.8 Å². The van der Waals surface area contributed by atoms with Crippen LogP contribution >= 0.6 is 0 Å². The molecule has 9 heteroatoms. The average molecular weight is 293 g/mol. The molecule has 6 nitrogen and oxygen atoms in total. The minimum Gasteiger partial charge on any atom is -0.461 e. The molecule has 112 valence electrons. The van der Waals surface area contributed by atoms with E-state index in [0.29, 0.717) is 5.69 Å². The number of hydrogen-bond acceptors (Lipinski definition) is 4. The van der Waals surface area contributed by atoms with Crippen LogP contribution in [0, 0.1) is 0 Å². The van der Waals surface area contributed by atoms with Crippen LogP contribution in [-0.4, -0.2) is 40.2 Å². The molecule has 0 saturated carbocycles. The second-order valence-corrected chi connectivity index (χ2v) is 4.29. The Morgan fingerprint density at radius 2 is 2.10 bits per heavy atom. The first-order valence-electron chi connectivity index (χ1n) is 5.75. The van der Waals surface area contributed by atoms with Gasteiger partial charge in [-0.3, -0.25) is 4.79 Å². The molecular formula is C11H14F3N3O3. The van der Waals surface area contributed by atoms with Crippen molar-refractivity contribution in [2.75, 3.05) is 0 Å². The van der Waals surface area contributed by atoms with Gasteiger partial charge in [0, 0.05) is 18.3 Å². The molecule has 1 unspecified atom stereocenters. The number of esters is 1. The molecule has 1 rings (SSSR count). The van der Waals surface area contributed by atoms with E-state index in [1.165, 1.54) is 12.5 Å². The first-order chi connectivity index (χ1) is 9.20. The van der Waals surface area contributed by atoms with Gasteiger partial charge in [-0.2, -0.15) is 13.2 Å². The van der Waals surface area contributed by atoms with Crippen LogP contribution in [0.3, 0.4) is 0 Å². The number of imidazole rings is 1. The Morgan fingerprint density at radius 1 is 1.45 bits per heavy atom. The van der Waals surface area contributed by atoms with E-state index in [1.807, 2.05) is 0 Å². The maximum Gasteiger partial charge on any atom is 0.471 e. The quantitative estimate of drug-likeness (QED) is 0.792. The molecule has 0 saturated heterocycles. The van der Waals surface area contributed by atoms with E-state index in [1.54, 1.807) is 19.2 Å². The van der Waals surface area contributed by atoms with Gasteiger partial charge in [-0.05, 0) is 13.8 Å². The lowest BCUT2D eigenvalue weighted by molar-refractivity contribution is -0.176. The summed E-state index contributed by atoms with van der Waals surface area (Å²) in [5.41, 5.74) is 0.401. The van der Waals surface area contributed by atoms with Gasteiger partial charge >= 0.3 is 18.1 Å². The molecule has 1 aromatic rings. The van der Waals surface area contributed by atoms with Gasteiger partial charge in [0.25, 0.3) is 0 Å². The van der Waals surface area contributed by atoms with Crippen molar-refractivity contribution in [2.24, 2.45) is 0 Å². The van der Waals surface area contributed by atoms with E-state index in [0.717, 1.165) is 0 Å². The minimum atomic E-state index is -5.07. The molecule has 0 fully saturated rings. The number of alkyl halides is 3. The number of aromatic amines is 1. The van der Waals surface area contributed by atoms with E-state index in [2.05, 4.69) is 9.97 Å². The number of carbonyl (C=O) groups is 2. The molecule has 0 bridgehead atoms. The fourth-order valence-electron chi connectivity index (χ4n) is 1.36. The molecule has 0 aliphatic carbocycles. The molecule has 0 radical (unpaired) electrons. The van der Waals surface area contributed by atoms with Crippen LogP contribution in [0.25, 0.3) is 0 Å². The maximum absolute atomic E-state index is 12.2. The molecule has 0 spiro atoms. The Hall–Kier alpha value is -2.06. The largest absolute Gasteiger partial charge is 0.471 e. The van der Waals surface area contributed by atoms with Crippen molar-refractivity contribution in [1.29, 1.82) is 0 Å². The van der Waals surface area contributed by atoms with Crippen LogP contribution in [0.15, 0.2) is 12.5 Å². The topological polar surface area (TPSA) is 84.1 Å². The predicted molar refractivity (Wildman–Crippen MR) is 61.5 cm³/mol. The number of amides is 1. The molecule has 0 aliphatic heterocycles. The second-order valence-electron chi connectivity index (χ2n) is 4.29. The van der Waals surface area contributed by atoms with Gasteiger partial charge in [-0.25, -0.2) is 9.78 Å². The third-order valence-corrected chi connectivity index (χ3v) is 2.18. The van der Waals surface area contributed by atoms with Crippen LogP contribution < -0.4 is 5.32 Å². The maximum atomic E-state index is 12.2. The van der Waals surface area contributed by atoms with Crippen LogP contribution in [0.2, 0.25) is 0 Å². The van der Waals surface area contributed by atoms with Crippen LogP contribution in [-0.2, 0) is 20.7 Å². The monoisotopic (exact) mass is 293 g/mol. The van der Waals surface area contributed by atoms with Crippen molar-refractivity contribution in [3.8, 4) is 0 Å². The van der Waals surface area contributed by atoms with Crippen molar-refractivity contribution in [3.63, 3.8) is 0 Å². The highest BCUT2D eigenvalue weighted by atomic mass is 19.4. The van der Waals surface area contributed by atoms with Crippen LogP contribution in [0.4, 0.5) is 13.2 Å². The summed E-state index contributed by atoms with van der Waals surface area (Å²) in [4.78, 5) is 28.9. The molecule has 1 atom stereocenters. The molecule has 1 amide bonds. The number of ether oxygens (including phenoxy) is 1. The number of rotatable bonds is 5. The van der Waals surface area contributed by atoms with E-state index < -0.39 is 30.2 Å². The number of carbonyl (C=O) groups excluding carboxylic acids is 2. The zero-order chi connectivity index (χ0) is 15.3. The van der Waals surface area contributed by atoms with Gasteiger partial charge in [-0.1, -0.05) is 0 Å². The number of nitrogens with zero attached hydrogens (tertiary/aromatic N) is 1. The Morgan fingerprint density at radius 3 is 2.55 bits per heavy atom. The lowest BCUT2D eigenvalue weighted by Crippen LogP contribution is -2.49. The van der Waals surface area contributed by atoms with Gasteiger partial charge < -0.3 is 15.0 Å². The summed E-state index contributed by atoms with van der Waals surface area (Å²) >= 11 is 0. The van der Waals surface area contributed by atoms with Crippen molar-refractivity contribution in [1.82, 2.24) is 15.3 Å². The molecular weight excluding hydrogens is 279 g/mol. The third-order valence-electron chi connectivity index (χ3n) is 2.18. The Bertz CT molecular complexity index is 457. The zero-order valence-electron chi connectivity index (χ0n) is 10.8. The second kappa shape index (κ2) is 6.40. The average Bonchev–Trinajstić information content (AvgIpc) is 2.78. The van der Waals surface area contributed by atoms with Gasteiger partial charge in [-0.15, -0.1) is 0 Å². The summed E-state index contributed by atoms with van der Waals surface area (Å²) in [6.07, 6.45) is -3.09. The van der Waals surface area contributed by atoms with Gasteiger partial charge in [0.2, 0.25) is 0 Å². The molecule has 1 heterocycles. The van der Waals surface area contributed by atoms with Gasteiger partial charge in [0.15, 0.2) is 0 Å². The fourth-order valence-corrected chi connectivity index (χ4v) is 1.36. The summed E-state index contributed by atoms with van der Waals surface area (Å²) in [6, 6.07) is -1.44. The number of nitrogens with one attached hydrogen (secondary N) is 2. The first-order valence-corrected chi connectivity index (χ1v) is 5.75. The highest BCUT2D eigenvalue weighted by molar-refractivity contribution is 5.87. The normalized spacial score (nSPS) is 13.1. The number of hydrogen-bond donors (Lipinski definition) is 2. The van der Waals surface area contributed by atoms with Gasteiger partial charge in [0.1, 0.15) is 6.04 Å². The summed E-state index contributed by atoms with van der Waals surface area (Å²) in [6.45, 7) is 3.10. The highest BCUT2D eigenvalue weighted by Crippen LogP contribution is 2.15. The Labute approximate surface area is 112 Å². The predicted octanol–water partition coefficient (Wildman–Crippen LogP) is 0.951. The molecule has 2 N–H and O–H groups in total. The summed E-state index contributed by atoms with van der Waals surface area (Å²) in [7, 11) is 0. The summed E-state index contributed by atoms with van der Waals surface area (Å²) in [5, 5.41) is 1.61. The summed E-state index contributed by atoms with van der Waals surface area (Å²) in [5.74, 6) is -3.13. The van der Waals surface area contributed by atoms with Crippen LogP contribution in [0.5, 0.6) is 0 Å². The number of halogens is 3. The molecule has 0 aromatic carbocycles. The van der Waals surface area contributed by atoms with Crippen molar-refractivity contribution >= 4 is 11.9 Å². The van der Waals surface area contributed by atoms with E-state index in [4.69, 9.17) is 4.74 Å². The van der Waals surface area contributed by atoms with E-state index in [-0.39, 0.29) is 6.42 Å². The lowest BCUT2D eigenvalue weighted by Gasteiger charge is -2.19. The molecule has 1 aromatic heterocycles. The van der Waals surface area contributed by atoms with Crippen molar-refractivity contribution < 1.29 is 27.5 Å². The Balaban J connectivity index is 2.78.